The van der Waals surface area contributed by atoms with Gasteiger partial charge in [-0.2, -0.15) is 5.10 Å². The van der Waals surface area contributed by atoms with Crippen molar-refractivity contribution in [2.45, 2.75) is 17.4 Å². The number of halogens is 1. The minimum Gasteiger partial charge on any atom is -0.344 e. The molecule has 0 spiro atoms. The first-order valence-corrected chi connectivity index (χ1v) is 8.18. The van der Waals surface area contributed by atoms with E-state index in [0.29, 0.717) is 5.02 Å². The molecular weight excluding hydrogens is 322 g/mol. The Kier molecular flexibility index (Phi) is 4.22. The number of hydrogen-bond donors (Lipinski definition) is 1. The quantitative estimate of drug-likeness (QED) is 0.915. The van der Waals surface area contributed by atoms with Gasteiger partial charge in [0.05, 0.1) is 6.04 Å². The third-order valence-electron chi connectivity index (χ3n) is 3.51. The molecule has 0 bridgehead atoms. The minimum atomic E-state index is -0.293. The maximum Gasteiger partial charge on any atom is 0.272 e. The van der Waals surface area contributed by atoms with E-state index < -0.39 is 0 Å². The summed E-state index contributed by atoms with van der Waals surface area (Å²) < 4.78 is 1.15. The molecule has 1 atom stereocenters. The number of carbonyl (C=O) groups is 1. The molecule has 2 aromatic rings. The number of benzene rings is 1. The summed E-state index contributed by atoms with van der Waals surface area (Å²) in [4.78, 5) is 24.8. The minimum absolute atomic E-state index is 0.0958. The van der Waals surface area contributed by atoms with E-state index in [1.807, 2.05) is 18.2 Å². The Balaban J connectivity index is 1.85. The lowest BCUT2D eigenvalue weighted by molar-refractivity contribution is 0.0927. The van der Waals surface area contributed by atoms with Crippen molar-refractivity contribution in [2.75, 3.05) is 5.75 Å². The van der Waals surface area contributed by atoms with Crippen molar-refractivity contribution in [1.29, 1.82) is 0 Å². The largest absolute Gasteiger partial charge is 0.344 e. The van der Waals surface area contributed by atoms with E-state index in [-0.39, 0.29) is 23.2 Å². The van der Waals surface area contributed by atoms with E-state index in [1.54, 1.807) is 11.8 Å². The van der Waals surface area contributed by atoms with Crippen LogP contribution >= 0.6 is 23.4 Å². The van der Waals surface area contributed by atoms with Crippen molar-refractivity contribution in [3.63, 3.8) is 0 Å². The van der Waals surface area contributed by atoms with E-state index in [2.05, 4.69) is 10.4 Å². The second kappa shape index (κ2) is 6.14. The molecule has 22 heavy (non-hydrogen) atoms. The molecule has 1 aliphatic heterocycles. The van der Waals surface area contributed by atoms with Crippen molar-refractivity contribution >= 4 is 29.3 Å². The number of hydrogen-bond acceptors (Lipinski definition) is 4. The Labute approximate surface area is 136 Å². The van der Waals surface area contributed by atoms with Gasteiger partial charge in [0.25, 0.3) is 11.5 Å². The fourth-order valence-electron chi connectivity index (χ4n) is 2.37. The third-order valence-corrected chi connectivity index (χ3v) is 4.87. The highest BCUT2D eigenvalue weighted by Gasteiger charge is 2.23. The van der Waals surface area contributed by atoms with Gasteiger partial charge < -0.3 is 5.32 Å². The monoisotopic (exact) mass is 335 g/mol. The zero-order chi connectivity index (χ0) is 15.7. The summed E-state index contributed by atoms with van der Waals surface area (Å²) in [7, 11) is 1.52. The molecule has 1 N–H and O–H groups in total. The van der Waals surface area contributed by atoms with Gasteiger partial charge in [-0.15, -0.1) is 11.8 Å². The van der Waals surface area contributed by atoms with E-state index in [4.69, 9.17) is 11.6 Å². The highest BCUT2D eigenvalue weighted by atomic mass is 35.5. The van der Waals surface area contributed by atoms with Gasteiger partial charge in [0.15, 0.2) is 0 Å². The predicted octanol–water partition coefficient (Wildman–Crippen LogP) is 2.40. The van der Waals surface area contributed by atoms with Crippen LogP contribution in [-0.2, 0) is 7.05 Å². The Morgan fingerprint density at radius 3 is 3.00 bits per heavy atom. The van der Waals surface area contributed by atoms with E-state index in [0.717, 1.165) is 27.3 Å². The normalized spacial score (nSPS) is 16.9. The van der Waals surface area contributed by atoms with Gasteiger partial charge in [-0.05, 0) is 36.2 Å². The molecule has 1 amide bonds. The zero-order valence-electron chi connectivity index (χ0n) is 11.9. The smallest absolute Gasteiger partial charge is 0.272 e. The lowest BCUT2D eigenvalue weighted by Crippen LogP contribution is -2.33. The number of amides is 1. The SMILES string of the molecule is Cn1nc(C(=O)N[C@H]2CCSc3ccc(Cl)cc32)ccc1=O. The zero-order valence-corrected chi connectivity index (χ0v) is 13.4. The van der Waals surface area contributed by atoms with Gasteiger partial charge >= 0.3 is 0 Å². The summed E-state index contributed by atoms with van der Waals surface area (Å²) >= 11 is 7.82. The molecule has 0 saturated carbocycles. The number of nitrogens with one attached hydrogen (secondary N) is 1. The molecule has 5 nitrogen and oxygen atoms in total. The van der Waals surface area contributed by atoms with Crippen LogP contribution < -0.4 is 10.9 Å². The lowest BCUT2D eigenvalue weighted by Gasteiger charge is -2.26. The highest BCUT2D eigenvalue weighted by molar-refractivity contribution is 7.99. The first-order valence-electron chi connectivity index (χ1n) is 6.82. The van der Waals surface area contributed by atoms with Crippen LogP contribution in [0.5, 0.6) is 0 Å². The number of thioether (sulfide) groups is 1. The van der Waals surface area contributed by atoms with Gasteiger partial charge in [-0.25, -0.2) is 4.68 Å². The maximum atomic E-state index is 12.3. The number of fused-ring (bicyclic) bond motifs is 1. The van der Waals surface area contributed by atoms with Crippen molar-refractivity contribution < 1.29 is 4.79 Å². The number of nitrogens with zero attached hydrogens (tertiary/aromatic N) is 2. The van der Waals surface area contributed by atoms with Crippen molar-refractivity contribution in [1.82, 2.24) is 15.1 Å². The second-order valence-electron chi connectivity index (χ2n) is 5.03. The van der Waals surface area contributed by atoms with Crippen molar-refractivity contribution in [2.24, 2.45) is 7.05 Å². The summed E-state index contributed by atoms with van der Waals surface area (Å²) in [5, 5.41) is 7.60. The average Bonchev–Trinajstić information content (AvgIpc) is 2.50. The van der Waals surface area contributed by atoms with Crippen LogP contribution in [0.25, 0.3) is 0 Å². The van der Waals surface area contributed by atoms with Crippen LogP contribution in [0.2, 0.25) is 5.02 Å². The van der Waals surface area contributed by atoms with E-state index >= 15 is 0 Å². The number of aryl methyl sites for hydroxylation is 1. The van der Waals surface area contributed by atoms with Crippen LogP contribution in [0.3, 0.4) is 0 Å². The Morgan fingerprint density at radius 2 is 2.23 bits per heavy atom. The molecule has 1 aliphatic rings. The van der Waals surface area contributed by atoms with Gasteiger partial charge in [0, 0.05) is 28.8 Å². The molecule has 0 fully saturated rings. The number of rotatable bonds is 2. The predicted molar refractivity (Wildman–Crippen MR) is 86.5 cm³/mol. The van der Waals surface area contributed by atoms with Crippen LogP contribution in [0.4, 0.5) is 0 Å². The van der Waals surface area contributed by atoms with Gasteiger partial charge in [-0.1, -0.05) is 11.6 Å². The summed E-state index contributed by atoms with van der Waals surface area (Å²) in [6.45, 7) is 0. The number of carbonyl (C=O) groups excluding carboxylic acids is 1. The Hall–Kier alpha value is -1.79. The molecular formula is C15H14ClN3O2S. The standard InChI is InChI=1S/C15H14ClN3O2S/c1-19-14(20)5-3-12(18-19)15(21)17-11-6-7-22-13-4-2-9(16)8-10(11)13/h2-5,8,11H,6-7H2,1H3,(H,17,21)/t11-/m0/s1. The molecule has 7 heteroatoms. The number of aromatic nitrogens is 2. The van der Waals surface area contributed by atoms with Crippen molar-refractivity contribution in [3.05, 3.63) is 57.0 Å². The third kappa shape index (κ3) is 3.03. The Morgan fingerprint density at radius 1 is 1.41 bits per heavy atom. The first kappa shape index (κ1) is 15.1. The van der Waals surface area contributed by atoms with E-state index in [9.17, 15) is 9.59 Å². The molecule has 0 saturated heterocycles. The fraction of sp³-hybridized carbons (Fsp3) is 0.267. The van der Waals surface area contributed by atoms with Crippen LogP contribution in [0.1, 0.15) is 28.5 Å². The molecule has 2 heterocycles. The topological polar surface area (TPSA) is 64.0 Å². The fourth-order valence-corrected chi connectivity index (χ4v) is 3.66. The van der Waals surface area contributed by atoms with Gasteiger partial charge in [0.2, 0.25) is 0 Å². The van der Waals surface area contributed by atoms with E-state index in [1.165, 1.54) is 19.2 Å². The molecule has 0 radical (unpaired) electrons. The van der Waals surface area contributed by atoms with Gasteiger partial charge in [0.1, 0.15) is 5.69 Å². The maximum absolute atomic E-state index is 12.3. The highest BCUT2D eigenvalue weighted by Crippen LogP contribution is 2.37. The van der Waals surface area contributed by atoms with Crippen LogP contribution in [0, 0.1) is 0 Å². The summed E-state index contributed by atoms with van der Waals surface area (Å²) in [5.41, 5.74) is 1.01. The second-order valence-corrected chi connectivity index (χ2v) is 6.60. The summed E-state index contributed by atoms with van der Waals surface area (Å²) in [6, 6.07) is 8.40. The molecule has 0 unspecified atom stereocenters. The average molecular weight is 336 g/mol. The van der Waals surface area contributed by atoms with Crippen LogP contribution in [0.15, 0.2) is 40.0 Å². The molecule has 114 valence electrons. The lowest BCUT2D eigenvalue weighted by atomic mass is 10.0. The molecule has 1 aromatic carbocycles. The van der Waals surface area contributed by atoms with Crippen LogP contribution in [-0.4, -0.2) is 21.4 Å². The summed E-state index contributed by atoms with van der Waals surface area (Å²) in [6.07, 6.45) is 0.829. The molecule has 0 aliphatic carbocycles. The Bertz CT molecular complexity index is 791. The van der Waals surface area contributed by atoms with Gasteiger partial charge in [-0.3, -0.25) is 9.59 Å². The molecule has 3 rings (SSSR count). The first-order chi connectivity index (χ1) is 10.5. The molecule has 1 aromatic heterocycles. The summed E-state index contributed by atoms with van der Waals surface area (Å²) in [5.74, 6) is 0.638. The van der Waals surface area contributed by atoms with Crippen molar-refractivity contribution in [3.8, 4) is 0 Å².